The summed E-state index contributed by atoms with van der Waals surface area (Å²) in [6.07, 6.45) is -3.49. The number of halogens is 4. The fourth-order valence-corrected chi connectivity index (χ4v) is 5.23. The van der Waals surface area contributed by atoms with Crippen LogP contribution in [0.1, 0.15) is 41.4 Å². The standard InChI is InChI=1S/C34H29F4N3O5/c1-32(31(39)43)18-45-29-25(32)16-27(41-28(29)20-7-10-22(35)11-8-20)33(44,34(36,37)38)17-40-30(42)21-9-14-26(46-23-12-13-23)24(15-21)19-5-3-2-4-6-19/h2-11,14-16,23,44H,12-13,17-18H2,1H3,(H2,39,43)(H,40,42)/t32-,33-/m0/s1. The number of hydrogen-bond acceptors (Lipinski definition) is 6. The van der Waals surface area contributed by atoms with Crippen molar-refractivity contribution in [2.45, 2.75) is 43.1 Å². The van der Waals surface area contributed by atoms with Gasteiger partial charge in [-0.25, -0.2) is 9.37 Å². The van der Waals surface area contributed by atoms with Crippen LogP contribution in [0.25, 0.3) is 22.4 Å². The highest BCUT2D eigenvalue weighted by molar-refractivity contribution is 5.96. The second kappa shape index (κ2) is 11.4. The topological polar surface area (TPSA) is 124 Å². The Morgan fingerprint density at radius 3 is 2.37 bits per heavy atom. The highest BCUT2D eigenvalue weighted by Crippen LogP contribution is 2.48. The van der Waals surface area contributed by atoms with E-state index in [-0.39, 0.29) is 40.8 Å². The van der Waals surface area contributed by atoms with Crippen molar-refractivity contribution in [2.75, 3.05) is 13.2 Å². The number of aliphatic hydroxyl groups is 1. The van der Waals surface area contributed by atoms with Gasteiger partial charge in [0, 0.05) is 22.3 Å². The molecule has 2 amide bonds. The average Bonchev–Trinajstić information content (AvgIpc) is 3.79. The summed E-state index contributed by atoms with van der Waals surface area (Å²) < 4.78 is 69.7. The van der Waals surface area contributed by atoms with Gasteiger partial charge in [0.1, 0.15) is 35.0 Å². The van der Waals surface area contributed by atoms with E-state index in [4.69, 9.17) is 15.2 Å². The Hall–Kier alpha value is -4.97. The molecule has 238 valence electrons. The minimum absolute atomic E-state index is 0.0211. The first-order chi connectivity index (χ1) is 21.8. The highest BCUT2D eigenvalue weighted by atomic mass is 19.4. The molecule has 12 heteroatoms. The van der Waals surface area contributed by atoms with E-state index in [2.05, 4.69) is 10.3 Å². The Morgan fingerprint density at radius 1 is 1.04 bits per heavy atom. The average molecular weight is 636 g/mol. The van der Waals surface area contributed by atoms with Crippen LogP contribution in [0.5, 0.6) is 11.5 Å². The zero-order valence-electron chi connectivity index (χ0n) is 24.5. The minimum Gasteiger partial charge on any atom is -0.490 e. The number of nitrogens with one attached hydrogen (secondary N) is 1. The fourth-order valence-electron chi connectivity index (χ4n) is 5.23. The van der Waals surface area contributed by atoms with Gasteiger partial charge in [0.25, 0.3) is 5.91 Å². The molecule has 3 aromatic carbocycles. The van der Waals surface area contributed by atoms with Crippen LogP contribution in [0, 0.1) is 5.82 Å². The van der Waals surface area contributed by atoms with E-state index in [1.807, 2.05) is 30.3 Å². The molecule has 2 atom stereocenters. The van der Waals surface area contributed by atoms with Gasteiger partial charge in [0.2, 0.25) is 11.5 Å². The van der Waals surface area contributed by atoms with Crippen molar-refractivity contribution in [3.05, 3.63) is 102 Å². The molecule has 4 N–H and O–H groups in total. The lowest BCUT2D eigenvalue weighted by Crippen LogP contribution is -2.51. The summed E-state index contributed by atoms with van der Waals surface area (Å²) in [6.45, 7) is -0.212. The molecule has 0 bridgehead atoms. The minimum atomic E-state index is -5.35. The first-order valence-electron chi connectivity index (χ1n) is 14.5. The number of alkyl halides is 3. The summed E-state index contributed by atoms with van der Waals surface area (Å²) in [5.74, 6) is -1.85. The van der Waals surface area contributed by atoms with Crippen LogP contribution in [-0.4, -0.2) is 47.3 Å². The molecular formula is C34H29F4N3O5. The SMILES string of the molecule is C[C@]1(C(N)=O)COc2c1cc([C@@](O)(CNC(=O)c1ccc(OC3CC3)c(-c3ccccc3)c1)C(F)(F)F)nc2-c1ccc(F)cc1. The molecule has 2 heterocycles. The predicted molar refractivity (Wildman–Crippen MR) is 159 cm³/mol. The van der Waals surface area contributed by atoms with E-state index in [9.17, 15) is 32.3 Å². The normalized spacial score (nSPS) is 18.7. The smallest absolute Gasteiger partial charge is 0.424 e. The number of primary amides is 1. The van der Waals surface area contributed by atoms with E-state index < -0.39 is 47.1 Å². The zero-order chi connectivity index (χ0) is 32.9. The van der Waals surface area contributed by atoms with E-state index >= 15 is 0 Å². The molecule has 0 spiro atoms. The molecular weight excluding hydrogens is 606 g/mol. The van der Waals surface area contributed by atoms with E-state index in [0.717, 1.165) is 36.6 Å². The number of fused-ring (bicyclic) bond motifs is 1. The summed E-state index contributed by atoms with van der Waals surface area (Å²) in [7, 11) is 0. The molecule has 6 rings (SSSR count). The van der Waals surface area contributed by atoms with Gasteiger partial charge in [0.05, 0.1) is 18.3 Å². The number of aromatic nitrogens is 1. The van der Waals surface area contributed by atoms with Crippen molar-refractivity contribution in [1.82, 2.24) is 10.3 Å². The van der Waals surface area contributed by atoms with Crippen LogP contribution in [0.15, 0.2) is 78.9 Å². The van der Waals surface area contributed by atoms with Gasteiger partial charge in [-0.1, -0.05) is 30.3 Å². The maximum atomic E-state index is 14.8. The number of nitrogens with two attached hydrogens (primary N) is 1. The van der Waals surface area contributed by atoms with Gasteiger partial charge in [0.15, 0.2) is 0 Å². The summed E-state index contributed by atoms with van der Waals surface area (Å²) >= 11 is 0. The van der Waals surface area contributed by atoms with Crippen LogP contribution in [-0.2, 0) is 15.8 Å². The quantitative estimate of drug-likeness (QED) is 0.212. The highest BCUT2D eigenvalue weighted by Gasteiger charge is 2.57. The largest absolute Gasteiger partial charge is 0.490 e. The van der Waals surface area contributed by atoms with E-state index in [1.165, 1.54) is 31.2 Å². The molecule has 0 radical (unpaired) electrons. The predicted octanol–water partition coefficient (Wildman–Crippen LogP) is 5.41. The number of benzene rings is 3. The van der Waals surface area contributed by atoms with Gasteiger partial charge in [-0.3, -0.25) is 9.59 Å². The lowest BCUT2D eigenvalue weighted by atomic mass is 9.81. The molecule has 1 saturated carbocycles. The Labute approximate surface area is 261 Å². The molecule has 1 aromatic heterocycles. The first-order valence-corrected chi connectivity index (χ1v) is 14.5. The van der Waals surface area contributed by atoms with Crippen molar-refractivity contribution in [3.8, 4) is 33.9 Å². The molecule has 46 heavy (non-hydrogen) atoms. The Balaban J connectivity index is 1.38. The zero-order valence-corrected chi connectivity index (χ0v) is 24.5. The van der Waals surface area contributed by atoms with Crippen LogP contribution in [0.4, 0.5) is 17.6 Å². The second-order valence-electron chi connectivity index (χ2n) is 11.7. The number of amides is 2. The molecule has 1 aliphatic carbocycles. The Morgan fingerprint density at radius 2 is 1.74 bits per heavy atom. The number of ether oxygens (including phenoxy) is 2. The van der Waals surface area contributed by atoms with Crippen LogP contribution >= 0.6 is 0 Å². The number of carbonyl (C=O) groups excluding carboxylic acids is 2. The number of hydrogen-bond donors (Lipinski definition) is 3. The van der Waals surface area contributed by atoms with Gasteiger partial charge >= 0.3 is 6.18 Å². The van der Waals surface area contributed by atoms with Crippen molar-refractivity contribution in [1.29, 1.82) is 0 Å². The number of rotatable bonds is 9. The Bertz CT molecular complexity index is 1810. The number of pyridine rings is 1. The summed E-state index contributed by atoms with van der Waals surface area (Å²) in [5.41, 5.74) is 0.778. The van der Waals surface area contributed by atoms with Gasteiger partial charge in [-0.15, -0.1) is 0 Å². The van der Waals surface area contributed by atoms with Crippen molar-refractivity contribution < 1.29 is 41.7 Å². The monoisotopic (exact) mass is 635 g/mol. The molecule has 4 aromatic rings. The maximum Gasteiger partial charge on any atom is 0.424 e. The summed E-state index contributed by atoms with van der Waals surface area (Å²) in [6, 6.07) is 19.3. The van der Waals surface area contributed by atoms with Crippen LogP contribution in [0.2, 0.25) is 0 Å². The van der Waals surface area contributed by atoms with Crippen LogP contribution < -0.4 is 20.5 Å². The third-order valence-corrected chi connectivity index (χ3v) is 8.28. The van der Waals surface area contributed by atoms with Gasteiger partial charge in [-0.05, 0) is 73.9 Å². The summed E-state index contributed by atoms with van der Waals surface area (Å²) in [5, 5.41) is 13.5. The maximum absolute atomic E-state index is 14.8. The second-order valence-corrected chi connectivity index (χ2v) is 11.7. The van der Waals surface area contributed by atoms with E-state index in [1.54, 1.807) is 6.07 Å². The molecule has 1 fully saturated rings. The van der Waals surface area contributed by atoms with Crippen molar-refractivity contribution >= 4 is 11.8 Å². The van der Waals surface area contributed by atoms with Crippen LogP contribution in [0.3, 0.4) is 0 Å². The molecule has 2 aliphatic rings. The third-order valence-electron chi connectivity index (χ3n) is 8.28. The first kappa shape index (κ1) is 31.0. The lowest BCUT2D eigenvalue weighted by molar-refractivity contribution is -0.265. The van der Waals surface area contributed by atoms with E-state index in [0.29, 0.717) is 11.3 Å². The van der Waals surface area contributed by atoms with Gasteiger partial charge < -0.3 is 25.6 Å². The third kappa shape index (κ3) is 5.64. The Kier molecular flexibility index (Phi) is 7.71. The molecule has 0 unspecified atom stereocenters. The number of carbonyl (C=O) groups is 2. The molecule has 8 nitrogen and oxygen atoms in total. The van der Waals surface area contributed by atoms with Crippen molar-refractivity contribution in [2.24, 2.45) is 5.73 Å². The summed E-state index contributed by atoms with van der Waals surface area (Å²) in [4.78, 5) is 29.9. The lowest BCUT2D eigenvalue weighted by Gasteiger charge is -2.31. The fraction of sp³-hybridized carbons (Fsp3) is 0.265. The molecule has 1 aliphatic heterocycles. The van der Waals surface area contributed by atoms with Crippen molar-refractivity contribution in [3.63, 3.8) is 0 Å². The number of nitrogens with zero attached hydrogens (tertiary/aromatic N) is 1. The molecule has 0 saturated heterocycles. The van der Waals surface area contributed by atoms with Gasteiger partial charge in [-0.2, -0.15) is 13.2 Å².